The summed E-state index contributed by atoms with van der Waals surface area (Å²) in [7, 11) is 1.50. The maximum absolute atomic E-state index is 11.0. The van der Waals surface area contributed by atoms with Gasteiger partial charge in [-0.2, -0.15) is 0 Å². The summed E-state index contributed by atoms with van der Waals surface area (Å²) in [5.74, 6) is -0.121. The molecule has 0 radical (unpaired) electrons. The third kappa shape index (κ3) is 4.75. The number of hydrogen-bond acceptors (Lipinski definition) is 3. The van der Waals surface area contributed by atoms with Crippen LogP contribution in [0.2, 0.25) is 0 Å². The second kappa shape index (κ2) is 5.09. The Morgan fingerprint density at radius 1 is 1.64 bits per heavy atom. The van der Waals surface area contributed by atoms with E-state index in [1.54, 1.807) is 6.92 Å². The zero-order valence-corrected chi connectivity index (χ0v) is 7.26. The van der Waals surface area contributed by atoms with Crippen molar-refractivity contribution in [3.8, 4) is 0 Å². The molecule has 2 unspecified atom stereocenters. The van der Waals surface area contributed by atoms with Crippen LogP contribution in [-0.2, 0) is 9.53 Å². The highest BCUT2D eigenvalue weighted by molar-refractivity contribution is 5.80. The number of amides is 1. The summed E-state index contributed by atoms with van der Waals surface area (Å²) in [4.78, 5) is 11.0. The Balaban J connectivity index is 3.52. The van der Waals surface area contributed by atoms with Gasteiger partial charge in [0.1, 0.15) is 6.10 Å². The lowest BCUT2D eigenvalue weighted by Crippen LogP contribution is -2.40. The van der Waals surface area contributed by atoms with Gasteiger partial charge < -0.3 is 15.8 Å². The van der Waals surface area contributed by atoms with Crippen molar-refractivity contribution in [2.24, 2.45) is 5.73 Å². The Kier molecular flexibility index (Phi) is 4.81. The number of rotatable bonds is 4. The Bertz CT molecular complexity index is 126. The van der Waals surface area contributed by atoms with Crippen LogP contribution in [0.3, 0.4) is 0 Å². The number of methoxy groups -OCH3 is 1. The van der Waals surface area contributed by atoms with Gasteiger partial charge in [0.2, 0.25) is 5.91 Å². The smallest absolute Gasteiger partial charge is 0.248 e. The average molecular weight is 160 g/mol. The van der Waals surface area contributed by atoms with Crippen LogP contribution in [0.15, 0.2) is 0 Å². The number of nitrogens with one attached hydrogen (secondary N) is 1. The van der Waals surface area contributed by atoms with Crippen LogP contribution < -0.4 is 11.1 Å². The second-order valence-electron chi connectivity index (χ2n) is 2.60. The van der Waals surface area contributed by atoms with Gasteiger partial charge in [0.15, 0.2) is 0 Å². The van der Waals surface area contributed by atoms with Crippen LogP contribution in [0.1, 0.15) is 13.8 Å². The number of ether oxygens (including phenoxy) is 1. The van der Waals surface area contributed by atoms with Gasteiger partial charge in [0.25, 0.3) is 0 Å². The van der Waals surface area contributed by atoms with Crippen LogP contribution in [-0.4, -0.2) is 31.7 Å². The molecule has 0 saturated carbocycles. The van der Waals surface area contributed by atoms with Gasteiger partial charge in [-0.1, -0.05) is 0 Å². The van der Waals surface area contributed by atoms with E-state index in [1.165, 1.54) is 7.11 Å². The molecular weight excluding hydrogens is 144 g/mol. The molecule has 0 bridgehead atoms. The fourth-order valence-electron chi connectivity index (χ4n) is 0.512. The van der Waals surface area contributed by atoms with Crippen LogP contribution in [0, 0.1) is 0 Å². The normalized spacial score (nSPS) is 15.6. The minimum atomic E-state index is -0.395. The van der Waals surface area contributed by atoms with Gasteiger partial charge in [-0.15, -0.1) is 0 Å². The molecule has 0 aromatic heterocycles. The van der Waals surface area contributed by atoms with E-state index >= 15 is 0 Å². The molecule has 0 aliphatic heterocycles. The molecule has 0 aromatic carbocycles. The van der Waals surface area contributed by atoms with E-state index in [0.29, 0.717) is 6.54 Å². The second-order valence-corrected chi connectivity index (χ2v) is 2.60. The highest BCUT2D eigenvalue weighted by atomic mass is 16.5. The van der Waals surface area contributed by atoms with Crippen molar-refractivity contribution < 1.29 is 9.53 Å². The largest absolute Gasteiger partial charge is 0.372 e. The molecule has 0 aliphatic carbocycles. The Labute approximate surface area is 67.1 Å². The first kappa shape index (κ1) is 10.4. The summed E-state index contributed by atoms with van der Waals surface area (Å²) in [5.41, 5.74) is 5.43. The zero-order chi connectivity index (χ0) is 8.85. The molecule has 0 saturated heterocycles. The van der Waals surface area contributed by atoms with E-state index in [-0.39, 0.29) is 11.9 Å². The van der Waals surface area contributed by atoms with Crippen molar-refractivity contribution in [1.29, 1.82) is 0 Å². The van der Waals surface area contributed by atoms with Gasteiger partial charge in [-0.05, 0) is 13.8 Å². The van der Waals surface area contributed by atoms with E-state index in [4.69, 9.17) is 10.5 Å². The quantitative estimate of drug-likeness (QED) is 0.582. The van der Waals surface area contributed by atoms with Crippen LogP contribution in [0.4, 0.5) is 0 Å². The van der Waals surface area contributed by atoms with Gasteiger partial charge in [-0.25, -0.2) is 0 Å². The van der Waals surface area contributed by atoms with Gasteiger partial charge in [0.05, 0.1) is 0 Å². The molecule has 0 fully saturated rings. The minimum Gasteiger partial charge on any atom is -0.372 e. The fraction of sp³-hybridized carbons (Fsp3) is 0.857. The fourth-order valence-corrected chi connectivity index (χ4v) is 0.512. The highest BCUT2D eigenvalue weighted by Crippen LogP contribution is 1.86. The van der Waals surface area contributed by atoms with Gasteiger partial charge in [-0.3, -0.25) is 4.79 Å². The van der Waals surface area contributed by atoms with Gasteiger partial charge in [0, 0.05) is 19.7 Å². The number of hydrogen-bond donors (Lipinski definition) is 2. The maximum atomic E-state index is 11.0. The van der Waals surface area contributed by atoms with Crippen molar-refractivity contribution in [2.75, 3.05) is 13.7 Å². The summed E-state index contributed by atoms with van der Waals surface area (Å²) in [6.45, 7) is 4.01. The van der Waals surface area contributed by atoms with Crippen molar-refractivity contribution in [2.45, 2.75) is 26.0 Å². The standard InChI is InChI=1S/C7H16N2O2/c1-5(8)4-9-7(10)6(2)11-3/h5-6H,4,8H2,1-3H3,(H,9,10). The summed E-state index contributed by atoms with van der Waals surface area (Å²) in [6, 6.07) is -0.0111. The predicted octanol–water partition coefficient (Wildman–Crippen LogP) is -0.515. The number of nitrogens with two attached hydrogens (primary N) is 1. The topological polar surface area (TPSA) is 64.3 Å². The summed E-state index contributed by atoms with van der Waals surface area (Å²) in [5, 5.41) is 2.64. The summed E-state index contributed by atoms with van der Waals surface area (Å²) < 4.78 is 4.79. The van der Waals surface area contributed by atoms with Gasteiger partial charge >= 0.3 is 0 Å². The Hall–Kier alpha value is -0.610. The predicted molar refractivity (Wildman–Crippen MR) is 43.1 cm³/mol. The lowest BCUT2D eigenvalue weighted by molar-refractivity contribution is -0.130. The van der Waals surface area contributed by atoms with Crippen LogP contribution in [0.25, 0.3) is 0 Å². The van der Waals surface area contributed by atoms with E-state index in [0.717, 1.165) is 0 Å². The minimum absolute atomic E-state index is 0.0111. The average Bonchev–Trinajstić information content (AvgIpc) is 1.98. The first-order valence-corrected chi connectivity index (χ1v) is 3.64. The molecule has 4 heteroatoms. The summed E-state index contributed by atoms with van der Waals surface area (Å²) in [6.07, 6.45) is -0.395. The van der Waals surface area contributed by atoms with E-state index in [9.17, 15) is 4.79 Å². The zero-order valence-electron chi connectivity index (χ0n) is 7.26. The molecule has 2 atom stereocenters. The van der Waals surface area contributed by atoms with Crippen molar-refractivity contribution in [3.63, 3.8) is 0 Å². The Morgan fingerprint density at radius 2 is 2.18 bits per heavy atom. The molecule has 0 heterocycles. The molecule has 11 heavy (non-hydrogen) atoms. The van der Waals surface area contributed by atoms with Crippen molar-refractivity contribution in [1.82, 2.24) is 5.32 Å². The molecule has 0 aliphatic rings. The third-order valence-corrected chi connectivity index (χ3v) is 1.32. The molecule has 0 aromatic rings. The molecule has 3 N–H and O–H groups in total. The van der Waals surface area contributed by atoms with Crippen molar-refractivity contribution in [3.05, 3.63) is 0 Å². The molecular formula is C7H16N2O2. The molecule has 0 spiro atoms. The molecule has 4 nitrogen and oxygen atoms in total. The molecule has 1 amide bonds. The number of carbonyl (C=O) groups excluding carboxylic acids is 1. The maximum Gasteiger partial charge on any atom is 0.248 e. The lowest BCUT2D eigenvalue weighted by atomic mass is 10.3. The first-order chi connectivity index (χ1) is 5.07. The monoisotopic (exact) mass is 160 g/mol. The molecule has 0 rings (SSSR count). The third-order valence-electron chi connectivity index (χ3n) is 1.32. The number of carbonyl (C=O) groups is 1. The van der Waals surface area contributed by atoms with Crippen molar-refractivity contribution >= 4 is 5.91 Å². The SMILES string of the molecule is COC(C)C(=O)NCC(C)N. The van der Waals surface area contributed by atoms with Crippen LogP contribution >= 0.6 is 0 Å². The van der Waals surface area contributed by atoms with E-state index in [2.05, 4.69) is 5.32 Å². The van der Waals surface area contributed by atoms with Crippen LogP contribution in [0.5, 0.6) is 0 Å². The highest BCUT2D eigenvalue weighted by Gasteiger charge is 2.10. The van der Waals surface area contributed by atoms with E-state index in [1.807, 2.05) is 6.92 Å². The molecule has 66 valence electrons. The Morgan fingerprint density at radius 3 is 2.55 bits per heavy atom. The van der Waals surface area contributed by atoms with E-state index < -0.39 is 6.10 Å². The summed E-state index contributed by atoms with van der Waals surface area (Å²) >= 11 is 0. The first-order valence-electron chi connectivity index (χ1n) is 3.64. The lowest BCUT2D eigenvalue weighted by Gasteiger charge is -2.11.